The molecule has 0 radical (unpaired) electrons. The van der Waals surface area contributed by atoms with Gasteiger partial charge in [0.15, 0.2) is 0 Å². The van der Waals surface area contributed by atoms with Gasteiger partial charge in [0.25, 0.3) is 0 Å². The summed E-state index contributed by atoms with van der Waals surface area (Å²) in [6, 6.07) is 0. The van der Waals surface area contributed by atoms with Gasteiger partial charge in [-0.1, -0.05) is 0 Å². The largest absolute Gasteiger partial charge is 0.389 e. The van der Waals surface area contributed by atoms with E-state index in [1.54, 1.807) is 0 Å². The Morgan fingerprint density at radius 3 is 3.00 bits per heavy atom. The third-order valence-electron chi connectivity index (χ3n) is 0.951. The van der Waals surface area contributed by atoms with Crippen LogP contribution in [0.25, 0.3) is 0 Å². The Kier molecular flexibility index (Phi) is 6.11. The lowest BCUT2D eigenvalue weighted by atomic mass is 10.4. The highest BCUT2D eigenvalue weighted by Crippen LogP contribution is 1.81. The van der Waals surface area contributed by atoms with Gasteiger partial charge in [-0.2, -0.15) is 0 Å². The van der Waals surface area contributed by atoms with E-state index in [0.717, 1.165) is 0 Å². The fraction of sp³-hybridized carbons (Fsp3) is 0.833. The third-order valence-corrected chi connectivity index (χ3v) is 0.951. The lowest BCUT2D eigenvalue weighted by Crippen LogP contribution is -2.29. The number of amides is 1. The van der Waals surface area contributed by atoms with E-state index in [9.17, 15) is 4.79 Å². The third kappa shape index (κ3) is 5.53. The molecule has 1 unspecified atom stereocenters. The van der Waals surface area contributed by atoms with Crippen molar-refractivity contribution in [1.29, 1.82) is 0 Å². The van der Waals surface area contributed by atoms with Gasteiger partial charge >= 0.3 is 0 Å². The van der Waals surface area contributed by atoms with E-state index in [1.807, 2.05) is 6.92 Å². The van der Waals surface area contributed by atoms with Gasteiger partial charge in [0.2, 0.25) is 6.41 Å². The number of aliphatic hydroxyl groups excluding tert-OH is 1. The zero-order chi connectivity index (χ0) is 7.82. The normalized spacial score (nSPS) is 12.6. The predicted octanol–water partition coefficient (Wildman–Crippen LogP) is -0.870. The fourth-order valence-corrected chi connectivity index (χ4v) is 0.497. The Bertz CT molecular complexity index is 87.1. The van der Waals surface area contributed by atoms with Crippen molar-refractivity contribution in [3.8, 4) is 0 Å². The summed E-state index contributed by atoms with van der Waals surface area (Å²) < 4.78 is 4.89. The first-order valence-electron chi connectivity index (χ1n) is 3.24. The number of hydrogen-bond acceptors (Lipinski definition) is 3. The second-order valence-corrected chi connectivity index (χ2v) is 1.84. The van der Waals surface area contributed by atoms with Crippen LogP contribution < -0.4 is 5.32 Å². The summed E-state index contributed by atoms with van der Waals surface area (Å²) in [6.45, 7) is 2.96. The number of hydrogen-bond donors (Lipinski definition) is 2. The SMILES string of the molecule is CCOCC(O)CNC=O. The van der Waals surface area contributed by atoms with Crippen molar-refractivity contribution < 1.29 is 14.6 Å². The van der Waals surface area contributed by atoms with E-state index >= 15 is 0 Å². The summed E-state index contributed by atoms with van der Waals surface area (Å²) in [4.78, 5) is 9.72. The molecule has 0 bridgehead atoms. The smallest absolute Gasteiger partial charge is 0.207 e. The summed E-state index contributed by atoms with van der Waals surface area (Å²) in [5.41, 5.74) is 0. The minimum Gasteiger partial charge on any atom is -0.389 e. The molecule has 0 aromatic rings. The molecular weight excluding hydrogens is 134 g/mol. The molecule has 0 aromatic carbocycles. The van der Waals surface area contributed by atoms with E-state index < -0.39 is 6.10 Å². The Balaban J connectivity index is 3.07. The first-order valence-corrected chi connectivity index (χ1v) is 3.24. The predicted molar refractivity (Wildman–Crippen MR) is 36.6 cm³/mol. The first kappa shape index (κ1) is 9.39. The maximum Gasteiger partial charge on any atom is 0.207 e. The molecule has 4 nitrogen and oxygen atoms in total. The van der Waals surface area contributed by atoms with Crippen molar-refractivity contribution in [2.24, 2.45) is 0 Å². The highest BCUT2D eigenvalue weighted by Gasteiger charge is 2.00. The second kappa shape index (κ2) is 6.51. The van der Waals surface area contributed by atoms with Crippen molar-refractivity contribution in [1.82, 2.24) is 5.32 Å². The lowest BCUT2D eigenvalue weighted by Gasteiger charge is -2.08. The van der Waals surface area contributed by atoms with E-state index in [2.05, 4.69) is 5.32 Å². The topological polar surface area (TPSA) is 58.6 Å². The molecule has 0 saturated carbocycles. The van der Waals surface area contributed by atoms with Gasteiger partial charge in [-0.15, -0.1) is 0 Å². The van der Waals surface area contributed by atoms with Crippen LogP contribution in [0.4, 0.5) is 0 Å². The quantitative estimate of drug-likeness (QED) is 0.480. The van der Waals surface area contributed by atoms with Crippen LogP contribution in [0.3, 0.4) is 0 Å². The Morgan fingerprint density at radius 2 is 2.50 bits per heavy atom. The van der Waals surface area contributed by atoms with Crippen LogP contribution in [-0.2, 0) is 9.53 Å². The minimum absolute atomic E-state index is 0.253. The molecule has 0 aliphatic rings. The molecule has 4 heteroatoms. The number of aliphatic hydroxyl groups is 1. The second-order valence-electron chi connectivity index (χ2n) is 1.84. The molecule has 0 rings (SSSR count). The van der Waals surface area contributed by atoms with Crippen LogP contribution in [0, 0.1) is 0 Å². The molecule has 0 aliphatic heterocycles. The molecule has 0 saturated heterocycles. The highest BCUT2D eigenvalue weighted by molar-refractivity contribution is 5.45. The van der Waals surface area contributed by atoms with Crippen molar-refractivity contribution in [3.05, 3.63) is 0 Å². The van der Waals surface area contributed by atoms with Crippen molar-refractivity contribution >= 4 is 6.41 Å². The Labute approximate surface area is 60.2 Å². The van der Waals surface area contributed by atoms with Gasteiger partial charge in [-0.25, -0.2) is 0 Å². The molecule has 2 N–H and O–H groups in total. The Hall–Kier alpha value is -0.610. The van der Waals surface area contributed by atoms with Gasteiger partial charge in [0.1, 0.15) is 0 Å². The van der Waals surface area contributed by atoms with Crippen molar-refractivity contribution in [3.63, 3.8) is 0 Å². The summed E-state index contributed by atoms with van der Waals surface area (Å²) in [6.07, 6.45) is -0.0417. The van der Waals surface area contributed by atoms with Crippen LogP contribution in [0.1, 0.15) is 6.92 Å². The van der Waals surface area contributed by atoms with Gasteiger partial charge in [-0.05, 0) is 6.92 Å². The standard InChI is InChI=1S/C6H13NO3/c1-2-10-4-6(9)3-7-5-8/h5-6,9H,2-4H2,1H3,(H,7,8). The maximum absolute atomic E-state index is 9.72. The van der Waals surface area contributed by atoms with Gasteiger partial charge < -0.3 is 15.2 Å². The van der Waals surface area contributed by atoms with Crippen LogP contribution in [0.5, 0.6) is 0 Å². The van der Waals surface area contributed by atoms with Crippen LogP contribution in [0.15, 0.2) is 0 Å². The fourth-order valence-electron chi connectivity index (χ4n) is 0.497. The van der Waals surface area contributed by atoms with Gasteiger partial charge in [0, 0.05) is 13.2 Å². The molecule has 0 fully saturated rings. The monoisotopic (exact) mass is 147 g/mol. The average molecular weight is 147 g/mol. The Morgan fingerprint density at radius 1 is 1.80 bits per heavy atom. The van der Waals surface area contributed by atoms with E-state index in [-0.39, 0.29) is 13.2 Å². The number of ether oxygens (including phenoxy) is 1. The molecule has 10 heavy (non-hydrogen) atoms. The summed E-state index contributed by atoms with van der Waals surface area (Å²) in [5.74, 6) is 0. The molecule has 0 spiro atoms. The van der Waals surface area contributed by atoms with Crippen LogP contribution >= 0.6 is 0 Å². The van der Waals surface area contributed by atoms with Gasteiger partial charge in [-0.3, -0.25) is 4.79 Å². The zero-order valence-corrected chi connectivity index (χ0v) is 6.04. The van der Waals surface area contributed by atoms with Crippen LogP contribution in [0.2, 0.25) is 0 Å². The zero-order valence-electron chi connectivity index (χ0n) is 6.04. The van der Waals surface area contributed by atoms with E-state index in [4.69, 9.17) is 9.84 Å². The number of carbonyl (C=O) groups is 1. The van der Waals surface area contributed by atoms with Crippen molar-refractivity contribution in [2.45, 2.75) is 13.0 Å². The average Bonchev–Trinajstić information content (AvgIpc) is 1.97. The molecular formula is C6H13NO3. The number of carbonyl (C=O) groups excluding carboxylic acids is 1. The van der Waals surface area contributed by atoms with E-state index in [0.29, 0.717) is 13.0 Å². The molecule has 1 atom stereocenters. The summed E-state index contributed by atoms with van der Waals surface area (Å²) >= 11 is 0. The maximum atomic E-state index is 9.72. The molecule has 1 amide bonds. The lowest BCUT2D eigenvalue weighted by molar-refractivity contribution is -0.110. The molecule has 0 aliphatic carbocycles. The minimum atomic E-state index is -0.592. The number of nitrogens with one attached hydrogen (secondary N) is 1. The molecule has 60 valence electrons. The van der Waals surface area contributed by atoms with Crippen molar-refractivity contribution in [2.75, 3.05) is 19.8 Å². The number of rotatable bonds is 6. The summed E-state index contributed by atoms with van der Waals surface area (Å²) in [5, 5.41) is 11.3. The first-order chi connectivity index (χ1) is 4.81. The van der Waals surface area contributed by atoms with E-state index in [1.165, 1.54) is 0 Å². The highest BCUT2D eigenvalue weighted by atomic mass is 16.5. The van der Waals surface area contributed by atoms with Gasteiger partial charge in [0.05, 0.1) is 12.7 Å². The molecule has 0 aromatic heterocycles. The summed E-state index contributed by atoms with van der Waals surface area (Å²) in [7, 11) is 0. The van der Waals surface area contributed by atoms with Crippen LogP contribution in [-0.4, -0.2) is 37.4 Å². The molecule has 0 heterocycles.